The van der Waals surface area contributed by atoms with Gasteiger partial charge in [-0.15, -0.1) is 0 Å². The van der Waals surface area contributed by atoms with Crippen LogP contribution in [0.2, 0.25) is 0 Å². The molecule has 0 bridgehead atoms. The highest BCUT2D eigenvalue weighted by Crippen LogP contribution is 2.26. The van der Waals surface area contributed by atoms with Crippen molar-refractivity contribution >= 4 is 0 Å². The van der Waals surface area contributed by atoms with Gasteiger partial charge in [0.1, 0.15) is 11.6 Å². The van der Waals surface area contributed by atoms with Crippen molar-refractivity contribution in [3.63, 3.8) is 0 Å². The number of hydrogen-bond acceptors (Lipinski definition) is 1. The van der Waals surface area contributed by atoms with E-state index in [4.69, 9.17) is 4.74 Å². The molecule has 0 spiro atoms. The second kappa shape index (κ2) is 4.13. The average molecular weight is 201 g/mol. The SMILES string of the molecule is COc1ccc(F)c(-c2c[c]ccc2)c1. The van der Waals surface area contributed by atoms with Crippen molar-refractivity contribution in [2.45, 2.75) is 0 Å². The Kier molecular flexibility index (Phi) is 2.68. The molecule has 0 aromatic heterocycles. The molecule has 0 saturated heterocycles. The molecule has 0 fully saturated rings. The van der Waals surface area contributed by atoms with Crippen LogP contribution >= 0.6 is 0 Å². The highest BCUT2D eigenvalue weighted by atomic mass is 19.1. The first-order chi connectivity index (χ1) is 7.31. The van der Waals surface area contributed by atoms with Gasteiger partial charge in [-0.25, -0.2) is 4.39 Å². The predicted octanol–water partition coefficient (Wildman–Crippen LogP) is 3.30. The Morgan fingerprint density at radius 3 is 2.80 bits per heavy atom. The standard InChI is InChI=1S/C13H10FO/c1-15-11-7-8-13(14)12(9-11)10-5-3-2-4-6-10/h2-3,5-9H,1H3. The molecule has 1 radical (unpaired) electrons. The van der Waals surface area contributed by atoms with Crippen LogP contribution in [0.15, 0.2) is 42.5 Å². The molecule has 2 heteroatoms. The van der Waals surface area contributed by atoms with E-state index in [0.717, 1.165) is 5.56 Å². The Bertz CT molecular complexity index is 451. The van der Waals surface area contributed by atoms with E-state index in [1.54, 1.807) is 31.4 Å². The molecule has 0 N–H and O–H groups in total. The maximum Gasteiger partial charge on any atom is 0.131 e. The van der Waals surface area contributed by atoms with Gasteiger partial charge in [0.15, 0.2) is 0 Å². The summed E-state index contributed by atoms with van der Waals surface area (Å²) in [5.74, 6) is 0.394. The minimum absolute atomic E-state index is 0.254. The maximum atomic E-state index is 13.5. The highest BCUT2D eigenvalue weighted by Gasteiger charge is 2.05. The largest absolute Gasteiger partial charge is 0.497 e. The van der Waals surface area contributed by atoms with Crippen molar-refractivity contribution < 1.29 is 9.13 Å². The molecule has 0 heterocycles. The fourth-order valence-electron chi connectivity index (χ4n) is 1.41. The summed E-state index contributed by atoms with van der Waals surface area (Å²) in [6.45, 7) is 0. The molecule has 0 amide bonds. The first kappa shape index (κ1) is 9.71. The van der Waals surface area contributed by atoms with Crippen molar-refractivity contribution in [2.75, 3.05) is 7.11 Å². The maximum absolute atomic E-state index is 13.5. The minimum Gasteiger partial charge on any atom is -0.497 e. The highest BCUT2D eigenvalue weighted by molar-refractivity contribution is 5.65. The van der Waals surface area contributed by atoms with Crippen molar-refractivity contribution in [1.29, 1.82) is 0 Å². The van der Waals surface area contributed by atoms with Gasteiger partial charge in [-0.3, -0.25) is 0 Å². The van der Waals surface area contributed by atoms with E-state index in [1.165, 1.54) is 6.07 Å². The van der Waals surface area contributed by atoms with Gasteiger partial charge in [0.25, 0.3) is 0 Å². The van der Waals surface area contributed by atoms with Crippen molar-refractivity contribution in [1.82, 2.24) is 0 Å². The van der Waals surface area contributed by atoms with E-state index in [2.05, 4.69) is 6.07 Å². The Morgan fingerprint density at radius 2 is 2.13 bits per heavy atom. The molecule has 0 aliphatic rings. The molecule has 75 valence electrons. The van der Waals surface area contributed by atoms with Crippen molar-refractivity contribution in [2.24, 2.45) is 0 Å². The Hall–Kier alpha value is -1.83. The zero-order valence-electron chi connectivity index (χ0n) is 8.33. The molecule has 0 saturated carbocycles. The summed E-state index contributed by atoms with van der Waals surface area (Å²) in [7, 11) is 1.56. The summed E-state index contributed by atoms with van der Waals surface area (Å²) in [5, 5.41) is 0. The van der Waals surface area contributed by atoms with Gasteiger partial charge in [-0.05, 0) is 35.9 Å². The van der Waals surface area contributed by atoms with Crippen molar-refractivity contribution in [3.8, 4) is 16.9 Å². The molecule has 0 aliphatic carbocycles. The molecule has 2 aromatic rings. The van der Waals surface area contributed by atoms with Crippen LogP contribution in [0.5, 0.6) is 5.75 Å². The molecule has 0 atom stereocenters. The van der Waals surface area contributed by atoms with Gasteiger partial charge in [0.2, 0.25) is 0 Å². The normalized spacial score (nSPS) is 10.0. The molecule has 0 unspecified atom stereocenters. The summed E-state index contributed by atoms with van der Waals surface area (Å²) in [5.41, 5.74) is 1.33. The van der Waals surface area contributed by atoms with Crippen LogP contribution in [-0.4, -0.2) is 7.11 Å². The lowest BCUT2D eigenvalue weighted by Crippen LogP contribution is -1.87. The first-order valence-corrected chi connectivity index (χ1v) is 4.61. The zero-order chi connectivity index (χ0) is 10.7. The Morgan fingerprint density at radius 1 is 1.27 bits per heavy atom. The molecular formula is C13H10FO. The van der Waals surface area contributed by atoms with Gasteiger partial charge in [-0.2, -0.15) is 0 Å². The topological polar surface area (TPSA) is 9.23 Å². The number of hydrogen-bond donors (Lipinski definition) is 0. The van der Waals surface area contributed by atoms with Crippen molar-refractivity contribution in [3.05, 3.63) is 54.3 Å². The van der Waals surface area contributed by atoms with E-state index in [1.807, 2.05) is 12.1 Å². The van der Waals surface area contributed by atoms with Gasteiger partial charge in [0.05, 0.1) is 7.11 Å². The second-order valence-corrected chi connectivity index (χ2v) is 3.14. The van der Waals surface area contributed by atoms with Gasteiger partial charge >= 0.3 is 0 Å². The van der Waals surface area contributed by atoms with Crippen LogP contribution in [0.4, 0.5) is 4.39 Å². The molecule has 0 aliphatic heterocycles. The van der Waals surface area contributed by atoms with E-state index in [-0.39, 0.29) is 5.82 Å². The Balaban J connectivity index is 2.52. The van der Waals surface area contributed by atoms with E-state index in [0.29, 0.717) is 11.3 Å². The summed E-state index contributed by atoms with van der Waals surface area (Å²) in [6, 6.07) is 14.8. The average Bonchev–Trinajstić information content (AvgIpc) is 2.31. The summed E-state index contributed by atoms with van der Waals surface area (Å²) in [4.78, 5) is 0. The van der Waals surface area contributed by atoms with Crippen LogP contribution in [0.25, 0.3) is 11.1 Å². The van der Waals surface area contributed by atoms with Crippen LogP contribution in [-0.2, 0) is 0 Å². The fourth-order valence-corrected chi connectivity index (χ4v) is 1.41. The fraction of sp³-hybridized carbons (Fsp3) is 0.0769. The first-order valence-electron chi connectivity index (χ1n) is 4.61. The number of benzene rings is 2. The molecule has 15 heavy (non-hydrogen) atoms. The monoisotopic (exact) mass is 201 g/mol. The van der Waals surface area contributed by atoms with Crippen LogP contribution in [0.3, 0.4) is 0 Å². The molecule has 2 rings (SSSR count). The summed E-state index contributed by atoms with van der Waals surface area (Å²) < 4.78 is 18.6. The van der Waals surface area contributed by atoms with Crippen LogP contribution < -0.4 is 4.74 Å². The third-order valence-corrected chi connectivity index (χ3v) is 2.19. The van der Waals surface area contributed by atoms with Gasteiger partial charge in [-0.1, -0.05) is 18.2 Å². The van der Waals surface area contributed by atoms with Crippen LogP contribution in [0.1, 0.15) is 0 Å². The molecular weight excluding hydrogens is 191 g/mol. The smallest absolute Gasteiger partial charge is 0.131 e. The van der Waals surface area contributed by atoms with Gasteiger partial charge < -0.3 is 4.74 Å². The number of rotatable bonds is 2. The third kappa shape index (κ3) is 1.99. The lowest BCUT2D eigenvalue weighted by atomic mass is 10.1. The summed E-state index contributed by atoms with van der Waals surface area (Å²) in [6.07, 6.45) is 0. The number of halogens is 1. The quantitative estimate of drug-likeness (QED) is 0.724. The van der Waals surface area contributed by atoms with E-state index >= 15 is 0 Å². The third-order valence-electron chi connectivity index (χ3n) is 2.19. The Labute approximate surface area is 88.1 Å². The summed E-state index contributed by atoms with van der Waals surface area (Å²) >= 11 is 0. The lowest BCUT2D eigenvalue weighted by Gasteiger charge is -2.05. The minimum atomic E-state index is -0.254. The molecule has 1 nitrogen and oxygen atoms in total. The van der Waals surface area contributed by atoms with E-state index in [9.17, 15) is 4.39 Å². The predicted molar refractivity (Wildman–Crippen MR) is 57.2 cm³/mol. The molecule has 2 aromatic carbocycles. The van der Waals surface area contributed by atoms with E-state index < -0.39 is 0 Å². The number of ether oxygens (including phenoxy) is 1. The van der Waals surface area contributed by atoms with Crippen LogP contribution in [0, 0.1) is 11.9 Å². The number of methoxy groups -OCH3 is 1. The second-order valence-electron chi connectivity index (χ2n) is 3.14. The zero-order valence-corrected chi connectivity index (χ0v) is 8.33. The lowest BCUT2D eigenvalue weighted by molar-refractivity contribution is 0.414. The van der Waals surface area contributed by atoms with Gasteiger partial charge in [0, 0.05) is 5.56 Å².